The molecular formula is C16H12BrCl2NS. The summed E-state index contributed by atoms with van der Waals surface area (Å²) in [5, 5.41) is 4.67. The SMILES string of the molecule is Br.Clc1ccc(Cc2nc(-c3ccc(Cl)cc3)cs2)cc1. The standard InChI is InChI=1S/C16H11Cl2NS.BrH/c17-13-5-1-11(2-6-13)9-16-19-15(10-20-16)12-3-7-14(18)8-4-12;/h1-8,10H,9H2;1H. The van der Waals surface area contributed by atoms with Crippen molar-refractivity contribution >= 4 is 51.5 Å². The lowest BCUT2D eigenvalue weighted by molar-refractivity contribution is 1.14. The van der Waals surface area contributed by atoms with Crippen LogP contribution in [0.1, 0.15) is 10.6 Å². The molecule has 0 amide bonds. The summed E-state index contributed by atoms with van der Waals surface area (Å²) in [6.07, 6.45) is 0.829. The first-order valence-corrected chi connectivity index (χ1v) is 7.79. The van der Waals surface area contributed by atoms with E-state index in [1.165, 1.54) is 5.56 Å². The van der Waals surface area contributed by atoms with Gasteiger partial charge in [0.05, 0.1) is 10.7 Å². The summed E-state index contributed by atoms with van der Waals surface area (Å²) in [5.41, 5.74) is 3.30. The second-order valence-electron chi connectivity index (χ2n) is 4.44. The van der Waals surface area contributed by atoms with E-state index >= 15 is 0 Å². The number of hydrogen-bond donors (Lipinski definition) is 0. The van der Waals surface area contributed by atoms with Crippen molar-refractivity contribution in [1.82, 2.24) is 4.98 Å². The fourth-order valence-electron chi connectivity index (χ4n) is 1.92. The zero-order valence-electron chi connectivity index (χ0n) is 10.9. The molecule has 21 heavy (non-hydrogen) atoms. The molecule has 0 spiro atoms. The van der Waals surface area contributed by atoms with Crippen molar-refractivity contribution in [2.75, 3.05) is 0 Å². The smallest absolute Gasteiger partial charge is 0.0976 e. The number of aromatic nitrogens is 1. The maximum absolute atomic E-state index is 5.90. The van der Waals surface area contributed by atoms with E-state index in [2.05, 4.69) is 10.4 Å². The van der Waals surface area contributed by atoms with Gasteiger partial charge >= 0.3 is 0 Å². The van der Waals surface area contributed by atoms with Crippen LogP contribution >= 0.6 is 51.5 Å². The Balaban J connectivity index is 0.00000161. The fraction of sp³-hybridized carbons (Fsp3) is 0.0625. The summed E-state index contributed by atoms with van der Waals surface area (Å²) in [6.45, 7) is 0. The van der Waals surface area contributed by atoms with Gasteiger partial charge in [-0.25, -0.2) is 4.98 Å². The molecule has 5 heteroatoms. The van der Waals surface area contributed by atoms with Crippen molar-refractivity contribution in [1.29, 1.82) is 0 Å². The Hall–Kier alpha value is -0.870. The molecule has 0 fully saturated rings. The van der Waals surface area contributed by atoms with Crippen LogP contribution in [0.25, 0.3) is 11.3 Å². The summed E-state index contributed by atoms with van der Waals surface area (Å²) in [5.74, 6) is 0. The van der Waals surface area contributed by atoms with Crippen molar-refractivity contribution in [2.45, 2.75) is 6.42 Å². The van der Waals surface area contributed by atoms with E-state index in [0.717, 1.165) is 32.7 Å². The summed E-state index contributed by atoms with van der Waals surface area (Å²) >= 11 is 13.5. The van der Waals surface area contributed by atoms with E-state index in [1.807, 2.05) is 48.5 Å². The van der Waals surface area contributed by atoms with Crippen LogP contribution < -0.4 is 0 Å². The molecule has 0 aliphatic rings. The molecule has 0 radical (unpaired) electrons. The van der Waals surface area contributed by atoms with E-state index in [0.29, 0.717) is 0 Å². The lowest BCUT2D eigenvalue weighted by Gasteiger charge is -1.98. The van der Waals surface area contributed by atoms with Gasteiger partial charge in [0.15, 0.2) is 0 Å². The highest BCUT2D eigenvalue weighted by Crippen LogP contribution is 2.25. The maximum Gasteiger partial charge on any atom is 0.0976 e. The Morgan fingerprint density at radius 2 is 1.43 bits per heavy atom. The molecule has 0 aliphatic carbocycles. The predicted octanol–water partition coefficient (Wildman–Crippen LogP) is 6.29. The third-order valence-electron chi connectivity index (χ3n) is 2.96. The van der Waals surface area contributed by atoms with Crippen molar-refractivity contribution in [3.8, 4) is 11.3 Å². The molecule has 0 unspecified atom stereocenters. The van der Waals surface area contributed by atoms with E-state index in [9.17, 15) is 0 Å². The van der Waals surface area contributed by atoms with Gasteiger partial charge in [-0.2, -0.15) is 0 Å². The largest absolute Gasteiger partial charge is 0.241 e. The first-order valence-electron chi connectivity index (χ1n) is 6.15. The monoisotopic (exact) mass is 399 g/mol. The van der Waals surface area contributed by atoms with Gasteiger partial charge in [0.2, 0.25) is 0 Å². The molecule has 0 bridgehead atoms. The van der Waals surface area contributed by atoms with Crippen molar-refractivity contribution in [3.63, 3.8) is 0 Å². The Bertz CT molecular complexity index is 708. The molecule has 0 saturated carbocycles. The minimum atomic E-state index is 0. The van der Waals surface area contributed by atoms with Gasteiger partial charge in [-0.1, -0.05) is 47.5 Å². The number of rotatable bonds is 3. The van der Waals surface area contributed by atoms with Crippen LogP contribution in [0, 0.1) is 0 Å². The average Bonchev–Trinajstić information content (AvgIpc) is 2.91. The number of thiazole rings is 1. The molecule has 0 N–H and O–H groups in total. The Labute approximate surface area is 148 Å². The second kappa shape index (κ2) is 7.41. The summed E-state index contributed by atoms with van der Waals surface area (Å²) < 4.78 is 0. The van der Waals surface area contributed by atoms with Gasteiger partial charge in [-0.05, 0) is 29.8 Å². The quantitative estimate of drug-likeness (QED) is 0.503. The van der Waals surface area contributed by atoms with Crippen LogP contribution in [0.15, 0.2) is 53.9 Å². The predicted molar refractivity (Wildman–Crippen MR) is 97.1 cm³/mol. The van der Waals surface area contributed by atoms with Crippen molar-refractivity contribution < 1.29 is 0 Å². The molecule has 0 aliphatic heterocycles. The maximum atomic E-state index is 5.90. The zero-order valence-corrected chi connectivity index (χ0v) is 15.0. The first-order chi connectivity index (χ1) is 9.70. The highest BCUT2D eigenvalue weighted by atomic mass is 79.9. The number of benzene rings is 2. The van der Waals surface area contributed by atoms with Crippen LogP contribution in [0.2, 0.25) is 10.0 Å². The van der Waals surface area contributed by atoms with Crippen LogP contribution in [0.5, 0.6) is 0 Å². The molecule has 1 heterocycles. The van der Waals surface area contributed by atoms with Crippen molar-refractivity contribution in [3.05, 3.63) is 74.5 Å². The highest BCUT2D eigenvalue weighted by molar-refractivity contribution is 8.93. The van der Waals surface area contributed by atoms with E-state index in [4.69, 9.17) is 23.2 Å². The molecular weight excluding hydrogens is 389 g/mol. The lowest BCUT2D eigenvalue weighted by atomic mass is 10.1. The molecule has 0 saturated heterocycles. The van der Waals surface area contributed by atoms with Gasteiger partial charge in [0.1, 0.15) is 0 Å². The lowest BCUT2D eigenvalue weighted by Crippen LogP contribution is -1.87. The third-order valence-corrected chi connectivity index (χ3v) is 4.31. The van der Waals surface area contributed by atoms with E-state index in [-0.39, 0.29) is 17.0 Å². The number of hydrogen-bond acceptors (Lipinski definition) is 2. The molecule has 0 atom stereocenters. The van der Waals surface area contributed by atoms with Crippen molar-refractivity contribution in [2.24, 2.45) is 0 Å². The second-order valence-corrected chi connectivity index (χ2v) is 6.25. The van der Waals surface area contributed by atoms with Crippen LogP contribution in [0.4, 0.5) is 0 Å². The van der Waals surface area contributed by atoms with Gasteiger partial charge in [-0.15, -0.1) is 28.3 Å². The summed E-state index contributed by atoms with van der Waals surface area (Å²) in [6, 6.07) is 15.6. The summed E-state index contributed by atoms with van der Waals surface area (Å²) in [4.78, 5) is 4.67. The molecule has 108 valence electrons. The van der Waals surface area contributed by atoms with Gasteiger partial charge in [0, 0.05) is 27.4 Å². The fourth-order valence-corrected chi connectivity index (χ4v) is 3.01. The van der Waals surface area contributed by atoms with Crippen LogP contribution in [-0.2, 0) is 6.42 Å². The molecule has 1 nitrogen and oxygen atoms in total. The normalized spacial score (nSPS) is 10.2. The van der Waals surface area contributed by atoms with E-state index in [1.54, 1.807) is 11.3 Å². The molecule has 3 aromatic rings. The van der Waals surface area contributed by atoms with Crippen LogP contribution in [-0.4, -0.2) is 4.98 Å². The topological polar surface area (TPSA) is 12.9 Å². The van der Waals surface area contributed by atoms with Gasteiger partial charge < -0.3 is 0 Å². The zero-order chi connectivity index (χ0) is 13.9. The summed E-state index contributed by atoms with van der Waals surface area (Å²) in [7, 11) is 0. The van der Waals surface area contributed by atoms with Gasteiger partial charge in [0.25, 0.3) is 0 Å². The minimum Gasteiger partial charge on any atom is -0.241 e. The Morgan fingerprint density at radius 1 is 0.857 bits per heavy atom. The van der Waals surface area contributed by atoms with Gasteiger partial charge in [-0.3, -0.25) is 0 Å². The first kappa shape index (κ1) is 16.5. The molecule has 3 rings (SSSR count). The minimum absolute atomic E-state index is 0. The van der Waals surface area contributed by atoms with E-state index < -0.39 is 0 Å². The Morgan fingerprint density at radius 3 is 2.05 bits per heavy atom. The average molecular weight is 401 g/mol. The molecule has 1 aromatic heterocycles. The highest BCUT2D eigenvalue weighted by Gasteiger charge is 2.05. The molecule has 2 aromatic carbocycles. The number of nitrogens with zero attached hydrogens (tertiary/aromatic N) is 1. The third kappa shape index (κ3) is 4.30. The van der Waals surface area contributed by atoms with Crippen LogP contribution in [0.3, 0.4) is 0 Å². The number of halogens is 3. The Kier molecular flexibility index (Phi) is 5.82.